The van der Waals surface area contributed by atoms with Gasteiger partial charge in [0.25, 0.3) is 0 Å². The lowest BCUT2D eigenvalue weighted by Crippen LogP contribution is -2.28. The summed E-state index contributed by atoms with van der Waals surface area (Å²) in [7, 11) is 0. The molecule has 1 unspecified atom stereocenters. The largest absolute Gasteiger partial charge is 0.348 e. The molecule has 0 bridgehead atoms. The molecule has 0 spiro atoms. The average Bonchev–Trinajstić information content (AvgIpc) is 2.65. The zero-order valence-corrected chi connectivity index (χ0v) is 6.98. The van der Waals surface area contributed by atoms with Gasteiger partial charge in [0.05, 0.1) is 12.6 Å². The minimum atomic E-state index is -0.660. The summed E-state index contributed by atoms with van der Waals surface area (Å²) in [4.78, 5) is 11.0. The van der Waals surface area contributed by atoms with Gasteiger partial charge in [-0.15, -0.1) is 10.2 Å². The van der Waals surface area contributed by atoms with Crippen LogP contribution in [0.1, 0.15) is 12.7 Å². The zero-order valence-electron chi connectivity index (χ0n) is 6.98. The lowest BCUT2D eigenvalue weighted by atomic mass is 10.2. The number of rotatable bonds is 3. The Bertz CT molecular complexity index is 312. The van der Waals surface area contributed by atoms with Crippen LogP contribution in [0.5, 0.6) is 0 Å². The summed E-state index contributed by atoms with van der Waals surface area (Å²) in [5, 5.41) is 23.7. The lowest BCUT2D eigenvalue weighted by molar-refractivity contribution is -0.123. The maximum Gasteiger partial charge on any atom is 0.237 e. The first kappa shape index (κ1) is 9.12. The molecule has 0 aliphatic rings. The summed E-state index contributed by atoms with van der Waals surface area (Å²) < 4.78 is 0. The van der Waals surface area contributed by atoms with Crippen molar-refractivity contribution in [2.45, 2.75) is 13.5 Å². The molecule has 1 aromatic rings. The summed E-state index contributed by atoms with van der Waals surface area (Å²) in [6.45, 7) is 1.70. The first-order chi connectivity index (χ1) is 6.24. The van der Waals surface area contributed by atoms with E-state index in [1.54, 1.807) is 0 Å². The number of aromatic amines is 1. The van der Waals surface area contributed by atoms with E-state index in [4.69, 9.17) is 5.26 Å². The van der Waals surface area contributed by atoms with Gasteiger partial charge in [-0.2, -0.15) is 10.5 Å². The second-order valence-electron chi connectivity index (χ2n) is 2.40. The van der Waals surface area contributed by atoms with Gasteiger partial charge in [0, 0.05) is 0 Å². The van der Waals surface area contributed by atoms with E-state index < -0.39 is 5.92 Å². The van der Waals surface area contributed by atoms with Crippen molar-refractivity contribution in [3.05, 3.63) is 5.82 Å². The number of carbonyl (C=O) groups excluding carboxylic acids is 1. The van der Waals surface area contributed by atoms with Gasteiger partial charge in [-0.1, -0.05) is 5.21 Å². The van der Waals surface area contributed by atoms with Gasteiger partial charge in [-0.25, -0.2) is 0 Å². The van der Waals surface area contributed by atoms with Crippen LogP contribution >= 0.6 is 0 Å². The van der Waals surface area contributed by atoms with Crippen molar-refractivity contribution in [3.63, 3.8) is 0 Å². The number of amides is 1. The molecule has 13 heavy (non-hydrogen) atoms. The zero-order chi connectivity index (χ0) is 9.68. The van der Waals surface area contributed by atoms with Crippen molar-refractivity contribution >= 4 is 5.91 Å². The normalized spacial score (nSPS) is 11.7. The van der Waals surface area contributed by atoms with E-state index in [1.807, 2.05) is 6.07 Å². The summed E-state index contributed by atoms with van der Waals surface area (Å²) in [5.41, 5.74) is 0. The van der Waals surface area contributed by atoms with Crippen LogP contribution in [0.4, 0.5) is 0 Å². The lowest BCUT2D eigenvalue weighted by Gasteiger charge is -2.01. The number of aromatic nitrogens is 4. The van der Waals surface area contributed by atoms with E-state index in [1.165, 1.54) is 6.92 Å². The first-order valence-electron chi connectivity index (χ1n) is 3.63. The van der Waals surface area contributed by atoms with Gasteiger partial charge < -0.3 is 5.32 Å². The predicted octanol–water partition coefficient (Wildman–Crippen LogP) is -1.02. The first-order valence-corrected chi connectivity index (χ1v) is 3.63. The van der Waals surface area contributed by atoms with E-state index in [9.17, 15) is 4.79 Å². The fraction of sp³-hybridized carbons (Fsp3) is 0.500. The monoisotopic (exact) mass is 180 g/mol. The van der Waals surface area contributed by atoms with Gasteiger partial charge in [0.2, 0.25) is 5.91 Å². The molecule has 1 heterocycles. The molecule has 68 valence electrons. The summed E-state index contributed by atoms with van der Waals surface area (Å²) in [5.74, 6) is -0.613. The Balaban J connectivity index is 2.36. The Morgan fingerprint density at radius 2 is 2.62 bits per heavy atom. The quantitative estimate of drug-likeness (QED) is 0.618. The third-order valence-electron chi connectivity index (χ3n) is 1.40. The fourth-order valence-corrected chi connectivity index (χ4v) is 0.635. The standard InChI is InChI=1S/C6H8N6O/c1-4(2-7)6(13)8-3-5-9-11-12-10-5/h4H,3H2,1H3,(H,8,13)(H,9,10,11,12). The number of nitrogens with zero attached hydrogens (tertiary/aromatic N) is 4. The van der Waals surface area contributed by atoms with Crippen LogP contribution in [0, 0.1) is 17.2 Å². The molecule has 0 aromatic carbocycles. The molecule has 1 rings (SSSR count). The third kappa shape index (κ3) is 2.52. The number of hydrogen-bond donors (Lipinski definition) is 2. The Morgan fingerprint density at radius 3 is 3.15 bits per heavy atom. The predicted molar refractivity (Wildman–Crippen MR) is 40.8 cm³/mol. The number of tetrazole rings is 1. The van der Waals surface area contributed by atoms with Gasteiger partial charge in [0.15, 0.2) is 5.82 Å². The molecule has 1 atom stereocenters. The van der Waals surface area contributed by atoms with Crippen LogP contribution < -0.4 is 5.32 Å². The molecule has 7 nitrogen and oxygen atoms in total. The Morgan fingerprint density at radius 1 is 1.85 bits per heavy atom. The fourth-order valence-electron chi connectivity index (χ4n) is 0.635. The van der Waals surface area contributed by atoms with Crippen LogP contribution in [-0.4, -0.2) is 26.5 Å². The maximum atomic E-state index is 11.0. The maximum absolute atomic E-state index is 11.0. The number of carbonyl (C=O) groups is 1. The molecule has 0 saturated carbocycles. The molecular weight excluding hydrogens is 172 g/mol. The third-order valence-corrected chi connectivity index (χ3v) is 1.40. The van der Waals surface area contributed by atoms with Crippen LogP contribution in [0.25, 0.3) is 0 Å². The van der Waals surface area contributed by atoms with Crippen molar-refractivity contribution < 1.29 is 4.79 Å². The van der Waals surface area contributed by atoms with Gasteiger partial charge >= 0.3 is 0 Å². The van der Waals surface area contributed by atoms with Gasteiger partial charge in [-0.3, -0.25) is 4.79 Å². The molecule has 1 amide bonds. The SMILES string of the molecule is CC(C#N)C(=O)NCc1nn[nH]n1. The van der Waals surface area contributed by atoms with E-state index in [0.717, 1.165) is 0 Å². The van der Waals surface area contributed by atoms with E-state index in [0.29, 0.717) is 5.82 Å². The molecule has 7 heteroatoms. The van der Waals surface area contributed by atoms with Crippen molar-refractivity contribution in [2.75, 3.05) is 0 Å². The van der Waals surface area contributed by atoms with Crippen LogP contribution in [-0.2, 0) is 11.3 Å². The highest BCUT2D eigenvalue weighted by atomic mass is 16.1. The van der Waals surface area contributed by atoms with Crippen LogP contribution in [0.15, 0.2) is 0 Å². The van der Waals surface area contributed by atoms with E-state index >= 15 is 0 Å². The molecule has 0 radical (unpaired) electrons. The summed E-state index contributed by atoms with van der Waals surface area (Å²) >= 11 is 0. The highest BCUT2D eigenvalue weighted by molar-refractivity contribution is 5.80. The smallest absolute Gasteiger partial charge is 0.237 e. The summed E-state index contributed by atoms with van der Waals surface area (Å²) in [6.07, 6.45) is 0. The van der Waals surface area contributed by atoms with E-state index in [2.05, 4.69) is 25.9 Å². The topological polar surface area (TPSA) is 107 Å². The number of nitriles is 1. The highest BCUT2D eigenvalue weighted by Gasteiger charge is 2.11. The molecule has 0 aliphatic heterocycles. The van der Waals surface area contributed by atoms with E-state index in [-0.39, 0.29) is 12.5 Å². The van der Waals surface area contributed by atoms with Crippen LogP contribution in [0.2, 0.25) is 0 Å². The minimum absolute atomic E-state index is 0.182. The second kappa shape index (κ2) is 4.15. The number of H-pyrrole nitrogens is 1. The summed E-state index contributed by atoms with van der Waals surface area (Å²) in [6, 6.07) is 1.82. The molecule has 1 aromatic heterocycles. The van der Waals surface area contributed by atoms with Crippen molar-refractivity contribution in [1.82, 2.24) is 25.9 Å². The van der Waals surface area contributed by atoms with Crippen LogP contribution in [0.3, 0.4) is 0 Å². The molecule has 0 aliphatic carbocycles. The molecule has 0 fully saturated rings. The van der Waals surface area contributed by atoms with Gasteiger partial charge in [-0.05, 0) is 6.92 Å². The number of nitrogens with one attached hydrogen (secondary N) is 2. The Hall–Kier alpha value is -1.97. The Labute approximate surface area is 74.1 Å². The van der Waals surface area contributed by atoms with Crippen molar-refractivity contribution in [1.29, 1.82) is 5.26 Å². The minimum Gasteiger partial charge on any atom is -0.348 e. The Kier molecular flexibility index (Phi) is 2.92. The molecule has 2 N–H and O–H groups in total. The average molecular weight is 180 g/mol. The molecule has 0 saturated heterocycles. The van der Waals surface area contributed by atoms with Crippen molar-refractivity contribution in [3.8, 4) is 6.07 Å². The molecular formula is C6H8N6O. The van der Waals surface area contributed by atoms with Gasteiger partial charge in [0.1, 0.15) is 5.92 Å². The van der Waals surface area contributed by atoms with Crippen molar-refractivity contribution in [2.24, 2.45) is 5.92 Å². The number of hydrogen-bond acceptors (Lipinski definition) is 5. The highest BCUT2D eigenvalue weighted by Crippen LogP contribution is 1.91. The second-order valence-corrected chi connectivity index (χ2v) is 2.40.